The average Bonchev–Trinajstić information content (AvgIpc) is 2.76. The summed E-state index contributed by atoms with van der Waals surface area (Å²) in [7, 11) is 0. The first-order chi connectivity index (χ1) is 7.72. The van der Waals surface area contributed by atoms with Gasteiger partial charge in [-0.2, -0.15) is 4.98 Å². The number of halogens is 1. The molecular formula is C10H10BrN3OS. The molecule has 0 fully saturated rings. The van der Waals surface area contributed by atoms with Gasteiger partial charge in [-0.05, 0) is 24.5 Å². The largest absolute Gasteiger partial charge is 0.338 e. The molecule has 1 aromatic heterocycles. The lowest BCUT2D eigenvalue weighted by atomic mass is 10.2. The number of nitrogens with zero attached hydrogens (tertiary/aromatic N) is 2. The fourth-order valence-electron chi connectivity index (χ4n) is 1.26. The highest BCUT2D eigenvalue weighted by molar-refractivity contribution is 9.10. The van der Waals surface area contributed by atoms with Crippen molar-refractivity contribution in [2.75, 3.05) is 6.26 Å². The molecule has 2 N–H and O–H groups in total. The summed E-state index contributed by atoms with van der Waals surface area (Å²) >= 11 is 5.11. The lowest BCUT2D eigenvalue weighted by Crippen LogP contribution is -1.95. The van der Waals surface area contributed by atoms with Crippen LogP contribution in [0.1, 0.15) is 5.89 Å². The summed E-state index contributed by atoms with van der Waals surface area (Å²) in [6.45, 7) is 0.260. The molecule has 1 aromatic carbocycles. The normalized spacial score (nSPS) is 10.7. The van der Waals surface area contributed by atoms with Gasteiger partial charge in [-0.1, -0.05) is 21.1 Å². The summed E-state index contributed by atoms with van der Waals surface area (Å²) in [5, 5.41) is 3.88. The molecular weight excluding hydrogens is 290 g/mol. The fourth-order valence-corrected chi connectivity index (χ4v) is 2.40. The van der Waals surface area contributed by atoms with E-state index in [0.717, 1.165) is 14.9 Å². The third-order valence-corrected chi connectivity index (χ3v) is 3.17. The Morgan fingerprint density at radius 2 is 2.25 bits per heavy atom. The molecule has 2 aromatic rings. The Kier molecular flexibility index (Phi) is 3.63. The van der Waals surface area contributed by atoms with Gasteiger partial charge in [-0.25, -0.2) is 0 Å². The predicted molar refractivity (Wildman–Crippen MR) is 67.1 cm³/mol. The molecule has 0 atom stereocenters. The lowest BCUT2D eigenvalue weighted by Gasteiger charge is -2.00. The minimum absolute atomic E-state index is 0.260. The van der Waals surface area contributed by atoms with Crippen LogP contribution in [0.2, 0.25) is 0 Å². The van der Waals surface area contributed by atoms with Crippen molar-refractivity contribution < 1.29 is 4.52 Å². The Bertz CT molecular complexity index is 501. The van der Waals surface area contributed by atoms with Crippen LogP contribution in [0.25, 0.3) is 11.4 Å². The van der Waals surface area contributed by atoms with Crippen LogP contribution in [0.5, 0.6) is 0 Å². The van der Waals surface area contributed by atoms with E-state index in [2.05, 4.69) is 26.1 Å². The maximum Gasteiger partial charge on any atom is 0.240 e. The molecule has 0 radical (unpaired) electrons. The first kappa shape index (κ1) is 11.6. The van der Waals surface area contributed by atoms with Gasteiger partial charge in [0, 0.05) is 14.9 Å². The van der Waals surface area contributed by atoms with Crippen molar-refractivity contribution >= 4 is 27.7 Å². The van der Waals surface area contributed by atoms with Crippen LogP contribution in [-0.2, 0) is 6.54 Å². The highest BCUT2D eigenvalue weighted by Crippen LogP contribution is 2.27. The summed E-state index contributed by atoms with van der Waals surface area (Å²) < 4.78 is 5.97. The SMILES string of the molecule is CSc1cc(Br)cc(-c2noc(CN)n2)c1. The predicted octanol–water partition coefficient (Wildman–Crippen LogP) is 2.68. The molecule has 4 nitrogen and oxygen atoms in total. The topological polar surface area (TPSA) is 64.9 Å². The number of hydrogen-bond acceptors (Lipinski definition) is 5. The van der Waals surface area contributed by atoms with Gasteiger partial charge >= 0.3 is 0 Å². The first-order valence-corrected chi connectivity index (χ1v) is 6.62. The number of rotatable bonds is 3. The Morgan fingerprint density at radius 3 is 2.88 bits per heavy atom. The molecule has 0 unspecified atom stereocenters. The van der Waals surface area contributed by atoms with E-state index in [1.807, 2.05) is 24.5 Å². The highest BCUT2D eigenvalue weighted by Gasteiger charge is 2.08. The van der Waals surface area contributed by atoms with Crippen LogP contribution < -0.4 is 5.73 Å². The second-order valence-electron chi connectivity index (χ2n) is 3.10. The highest BCUT2D eigenvalue weighted by atomic mass is 79.9. The van der Waals surface area contributed by atoms with Gasteiger partial charge in [-0.15, -0.1) is 11.8 Å². The van der Waals surface area contributed by atoms with Crippen molar-refractivity contribution in [2.24, 2.45) is 5.73 Å². The van der Waals surface area contributed by atoms with Crippen molar-refractivity contribution in [3.8, 4) is 11.4 Å². The van der Waals surface area contributed by atoms with E-state index in [4.69, 9.17) is 10.3 Å². The van der Waals surface area contributed by atoms with E-state index in [0.29, 0.717) is 11.7 Å². The molecule has 0 aliphatic carbocycles. The van der Waals surface area contributed by atoms with Crippen LogP contribution in [0.3, 0.4) is 0 Å². The lowest BCUT2D eigenvalue weighted by molar-refractivity contribution is 0.380. The molecule has 0 saturated carbocycles. The van der Waals surface area contributed by atoms with Crippen LogP contribution in [0.4, 0.5) is 0 Å². The van der Waals surface area contributed by atoms with Crippen LogP contribution in [0, 0.1) is 0 Å². The van der Waals surface area contributed by atoms with E-state index in [-0.39, 0.29) is 6.54 Å². The van der Waals surface area contributed by atoms with Gasteiger partial charge < -0.3 is 10.3 Å². The minimum atomic E-state index is 0.260. The quantitative estimate of drug-likeness (QED) is 0.883. The molecule has 6 heteroatoms. The zero-order valence-electron chi connectivity index (χ0n) is 8.61. The second kappa shape index (κ2) is 4.99. The standard InChI is InChI=1S/C10H10BrN3OS/c1-16-8-3-6(2-7(11)4-8)10-13-9(5-12)15-14-10/h2-4H,5,12H2,1H3. The van der Waals surface area contributed by atoms with E-state index >= 15 is 0 Å². The Hall–Kier alpha value is -0.850. The van der Waals surface area contributed by atoms with Gasteiger partial charge in [0.15, 0.2) is 0 Å². The van der Waals surface area contributed by atoms with E-state index in [9.17, 15) is 0 Å². The number of thioether (sulfide) groups is 1. The molecule has 84 valence electrons. The van der Waals surface area contributed by atoms with Crippen molar-refractivity contribution in [1.82, 2.24) is 10.1 Å². The molecule has 1 heterocycles. The van der Waals surface area contributed by atoms with E-state index in [1.165, 1.54) is 0 Å². The Balaban J connectivity index is 2.42. The van der Waals surface area contributed by atoms with Crippen molar-refractivity contribution in [2.45, 2.75) is 11.4 Å². The summed E-state index contributed by atoms with van der Waals surface area (Å²) in [5.41, 5.74) is 6.34. The van der Waals surface area contributed by atoms with Crippen LogP contribution in [-0.4, -0.2) is 16.4 Å². The molecule has 0 spiro atoms. The summed E-state index contributed by atoms with van der Waals surface area (Å²) in [5.74, 6) is 1.01. The third-order valence-electron chi connectivity index (χ3n) is 2.01. The Labute approximate surface area is 106 Å². The van der Waals surface area contributed by atoms with Gasteiger partial charge in [-0.3, -0.25) is 0 Å². The minimum Gasteiger partial charge on any atom is -0.338 e. The first-order valence-electron chi connectivity index (χ1n) is 4.60. The maximum atomic E-state index is 5.42. The average molecular weight is 300 g/mol. The van der Waals surface area contributed by atoms with E-state index in [1.54, 1.807) is 11.8 Å². The van der Waals surface area contributed by atoms with Gasteiger partial charge in [0.1, 0.15) is 0 Å². The molecule has 0 saturated heterocycles. The second-order valence-corrected chi connectivity index (χ2v) is 4.89. The Morgan fingerprint density at radius 1 is 1.44 bits per heavy atom. The molecule has 0 bridgehead atoms. The maximum absolute atomic E-state index is 5.42. The third kappa shape index (κ3) is 2.45. The molecule has 0 aliphatic heterocycles. The number of nitrogens with two attached hydrogens (primary N) is 1. The van der Waals surface area contributed by atoms with Crippen molar-refractivity contribution in [3.05, 3.63) is 28.6 Å². The summed E-state index contributed by atoms with van der Waals surface area (Å²) in [6.07, 6.45) is 2.02. The van der Waals surface area contributed by atoms with Crippen molar-refractivity contribution in [1.29, 1.82) is 0 Å². The molecule has 2 rings (SSSR count). The molecule has 0 aliphatic rings. The van der Waals surface area contributed by atoms with Crippen molar-refractivity contribution in [3.63, 3.8) is 0 Å². The smallest absolute Gasteiger partial charge is 0.240 e. The summed E-state index contributed by atoms with van der Waals surface area (Å²) in [4.78, 5) is 5.32. The van der Waals surface area contributed by atoms with Gasteiger partial charge in [0.25, 0.3) is 0 Å². The monoisotopic (exact) mass is 299 g/mol. The zero-order valence-corrected chi connectivity index (χ0v) is 11.0. The number of aromatic nitrogens is 2. The van der Waals surface area contributed by atoms with Crippen LogP contribution >= 0.6 is 27.7 Å². The van der Waals surface area contributed by atoms with E-state index < -0.39 is 0 Å². The van der Waals surface area contributed by atoms with Gasteiger partial charge in [0.2, 0.25) is 11.7 Å². The van der Waals surface area contributed by atoms with Gasteiger partial charge in [0.05, 0.1) is 6.54 Å². The zero-order chi connectivity index (χ0) is 11.5. The fraction of sp³-hybridized carbons (Fsp3) is 0.200. The number of hydrogen-bond donors (Lipinski definition) is 1. The molecule has 0 amide bonds. The summed E-state index contributed by atoms with van der Waals surface area (Å²) in [6, 6.07) is 6.00. The molecule has 16 heavy (non-hydrogen) atoms. The van der Waals surface area contributed by atoms with Crippen LogP contribution in [0.15, 0.2) is 32.1 Å². The number of benzene rings is 1.